The van der Waals surface area contributed by atoms with Gasteiger partial charge in [-0.05, 0) is 39.0 Å². The first kappa shape index (κ1) is 13.1. The Morgan fingerprint density at radius 3 is 2.74 bits per heavy atom. The van der Waals surface area contributed by atoms with Crippen LogP contribution >= 0.6 is 27.3 Å². The lowest BCUT2D eigenvalue weighted by atomic mass is 10.0. The number of hydrogen-bond donors (Lipinski definition) is 0. The van der Waals surface area contributed by atoms with Gasteiger partial charge in [-0.15, -0.1) is 11.3 Å². The monoisotopic (exact) mass is 357 g/mol. The van der Waals surface area contributed by atoms with E-state index >= 15 is 0 Å². The maximum Gasteiger partial charge on any atom is 0.274 e. The Labute approximate surface area is 125 Å². The highest BCUT2D eigenvalue weighted by Crippen LogP contribution is 2.41. The van der Waals surface area contributed by atoms with E-state index in [-0.39, 0.29) is 5.92 Å². The molecule has 6 heteroatoms. The quantitative estimate of drug-likeness (QED) is 0.818. The van der Waals surface area contributed by atoms with Gasteiger partial charge in [0.25, 0.3) is 10.0 Å². The topological polar surface area (TPSA) is 37.4 Å². The molecule has 0 fully saturated rings. The fourth-order valence-corrected chi connectivity index (χ4v) is 6.36. The molecule has 100 valence electrons. The molecule has 0 N–H and O–H groups in total. The van der Waals surface area contributed by atoms with E-state index in [0.717, 1.165) is 11.3 Å². The largest absolute Gasteiger partial charge is 0.274 e. The van der Waals surface area contributed by atoms with Crippen LogP contribution in [0.25, 0.3) is 0 Å². The molecular weight excluding hydrogens is 346 g/mol. The zero-order chi connectivity index (χ0) is 13.6. The minimum Gasteiger partial charge on any atom is -0.265 e. The molecule has 2 aromatic rings. The number of hydrogen-bond acceptors (Lipinski definition) is 3. The second-order valence-corrected chi connectivity index (χ2v) is 8.38. The summed E-state index contributed by atoms with van der Waals surface area (Å²) in [5.41, 5.74) is 1.90. The molecule has 1 aliphatic heterocycles. The van der Waals surface area contributed by atoms with Crippen molar-refractivity contribution >= 4 is 43.0 Å². The third-order valence-corrected chi connectivity index (χ3v) is 7.71. The first-order valence-corrected chi connectivity index (χ1v) is 8.98. The van der Waals surface area contributed by atoms with E-state index in [1.165, 1.54) is 15.6 Å². The molecule has 0 aliphatic carbocycles. The highest BCUT2D eigenvalue weighted by atomic mass is 79.9. The average Bonchev–Trinajstić information content (AvgIpc) is 2.95. The summed E-state index contributed by atoms with van der Waals surface area (Å²) >= 11 is 4.55. The highest BCUT2D eigenvalue weighted by molar-refractivity contribution is 9.10. The van der Waals surface area contributed by atoms with Crippen LogP contribution in [0, 0.1) is 0 Å². The van der Waals surface area contributed by atoms with E-state index in [4.69, 9.17) is 0 Å². The summed E-state index contributed by atoms with van der Waals surface area (Å²) in [5.74, 6) is 0.227. The molecule has 3 rings (SSSR count). The van der Waals surface area contributed by atoms with Gasteiger partial charge >= 0.3 is 0 Å². The summed E-state index contributed by atoms with van der Waals surface area (Å²) in [6.07, 6.45) is 0. The van der Waals surface area contributed by atoms with Crippen molar-refractivity contribution in [2.45, 2.75) is 17.1 Å². The average molecular weight is 358 g/mol. The van der Waals surface area contributed by atoms with E-state index in [1.807, 2.05) is 24.3 Å². The Kier molecular flexibility index (Phi) is 3.19. The normalized spacial score (nSPS) is 18.6. The van der Waals surface area contributed by atoms with Crippen LogP contribution in [0.3, 0.4) is 0 Å². The van der Waals surface area contributed by atoms with Crippen LogP contribution in [0.1, 0.15) is 18.4 Å². The number of sulfonamides is 1. The van der Waals surface area contributed by atoms with Gasteiger partial charge in [0.1, 0.15) is 0 Å². The number of nitrogens with zero attached hydrogens (tertiary/aromatic N) is 1. The number of rotatable bonds is 2. The molecule has 0 amide bonds. The lowest BCUT2D eigenvalue weighted by Crippen LogP contribution is -2.29. The molecule has 1 unspecified atom stereocenters. The van der Waals surface area contributed by atoms with Gasteiger partial charge < -0.3 is 0 Å². The Morgan fingerprint density at radius 1 is 1.32 bits per heavy atom. The number of halogens is 1. The van der Waals surface area contributed by atoms with Gasteiger partial charge in [0.15, 0.2) is 4.21 Å². The van der Waals surface area contributed by atoms with Gasteiger partial charge in [0.05, 0.1) is 5.69 Å². The molecule has 0 saturated heterocycles. The summed E-state index contributed by atoms with van der Waals surface area (Å²) in [6, 6.07) is 9.47. The van der Waals surface area contributed by atoms with Crippen molar-refractivity contribution in [1.82, 2.24) is 0 Å². The van der Waals surface area contributed by atoms with Crippen LogP contribution in [-0.2, 0) is 10.0 Å². The van der Waals surface area contributed by atoms with Gasteiger partial charge in [-0.1, -0.05) is 25.1 Å². The van der Waals surface area contributed by atoms with Gasteiger partial charge in [0.2, 0.25) is 0 Å². The molecule has 0 saturated carbocycles. The minimum atomic E-state index is -3.47. The standard InChI is InChI=1S/C13H12BrNO2S2/c1-9-8-15(12-5-3-2-4-10(9)12)19(16,17)13-11(14)6-7-18-13/h2-7,9H,8H2,1H3. The summed E-state index contributed by atoms with van der Waals surface area (Å²) < 4.78 is 28.0. The molecule has 3 nitrogen and oxygen atoms in total. The van der Waals surface area contributed by atoms with Gasteiger partial charge in [0, 0.05) is 16.9 Å². The highest BCUT2D eigenvalue weighted by Gasteiger charge is 2.35. The summed E-state index contributed by atoms with van der Waals surface area (Å²) in [4.78, 5) is 0. The molecule has 1 atom stereocenters. The molecule has 0 radical (unpaired) electrons. The van der Waals surface area contributed by atoms with E-state index in [2.05, 4.69) is 22.9 Å². The molecule has 19 heavy (non-hydrogen) atoms. The van der Waals surface area contributed by atoms with Crippen molar-refractivity contribution < 1.29 is 8.42 Å². The van der Waals surface area contributed by atoms with Crippen LogP contribution < -0.4 is 4.31 Å². The summed E-state index contributed by atoms with van der Waals surface area (Å²) in [7, 11) is -3.47. The van der Waals surface area contributed by atoms with Gasteiger partial charge in [-0.3, -0.25) is 4.31 Å². The van der Waals surface area contributed by atoms with Crippen LogP contribution in [0.4, 0.5) is 5.69 Å². The van der Waals surface area contributed by atoms with Gasteiger partial charge in [-0.2, -0.15) is 0 Å². The predicted octanol–water partition coefficient (Wildman–Crippen LogP) is 3.82. The second-order valence-electron chi connectivity index (χ2n) is 4.55. The van der Waals surface area contributed by atoms with E-state index < -0.39 is 10.0 Å². The first-order chi connectivity index (χ1) is 9.01. The SMILES string of the molecule is CC1CN(S(=O)(=O)c2sccc2Br)c2ccccc21. The maximum atomic E-state index is 12.7. The molecule has 0 spiro atoms. The van der Waals surface area contributed by atoms with Gasteiger partial charge in [-0.25, -0.2) is 8.42 Å². The smallest absolute Gasteiger partial charge is 0.265 e. The van der Waals surface area contributed by atoms with Crippen LogP contribution in [0.5, 0.6) is 0 Å². The Hall–Kier alpha value is -0.850. The Bertz CT molecular complexity index is 724. The van der Waals surface area contributed by atoms with E-state index in [0.29, 0.717) is 15.2 Å². The molecular formula is C13H12BrNO2S2. The van der Waals surface area contributed by atoms with Crippen molar-refractivity contribution in [2.75, 3.05) is 10.8 Å². The number of fused-ring (bicyclic) bond motifs is 1. The number of anilines is 1. The minimum absolute atomic E-state index is 0.227. The molecule has 2 heterocycles. The van der Waals surface area contributed by atoms with Crippen LogP contribution in [0.2, 0.25) is 0 Å². The summed E-state index contributed by atoms with van der Waals surface area (Å²) in [6.45, 7) is 2.56. The van der Waals surface area contributed by atoms with Crippen LogP contribution in [0.15, 0.2) is 44.4 Å². The van der Waals surface area contributed by atoms with E-state index in [9.17, 15) is 8.42 Å². The van der Waals surface area contributed by atoms with Crippen molar-refractivity contribution in [1.29, 1.82) is 0 Å². The predicted molar refractivity (Wildman–Crippen MR) is 81.4 cm³/mol. The third kappa shape index (κ3) is 2.02. The van der Waals surface area contributed by atoms with Crippen molar-refractivity contribution in [3.8, 4) is 0 Å². The fraction of sp³-hybridized carbons (Fsp3) is 0.231. The third-order valence-electron chi connectivity index (χ3n) is 3.28. The van der Waals surface area contributed by atoms with Crippen molar-refractivity contribution in [3.05, 3.63) is 45.7 Å². The molecule has 1 aliphatic rings. The van der Waals surface area contributed by atoms with E-state index in [1.54, 1.807) is 11.4 Å². The molecule has 0 bridgehead atoms. The Morgan fingerprint density at radius 2 is 2.05 bits per heavy atom. The van der Waals surface area contributed by atoms with Crippen molar-refractivity contribution in [3.63, 3.8) is 0 Å². The number of benzene rings is 1. The molecule has 1 aromatic carbocycles. The second kappa shape index (κ2) is 4.61. The lowest BCUT2D eigenvalue weighted by molar-refractivity contribution is 0.592. The fourth-order valence-electron chi connectivity index (χ4n) is 2.37. The maximum absolute atomic E-state index is 12.7. The number of thiophene rings is 1. The summed E-state index contributed by atoms with van der Waals surface area (Å²) in [5, 5.41) is 1.78. The lowest BCUT2D eigenvalue weighted by Gasteiger charge is -2.19. The van der Waals surface area contributed by atoms with Crippen molar-refractivity contribution in [2.24, 2.45) is 0 Å². The zero-order valence-electron chi connectivity index (χ0n) is 10.2. The number of para-hydroxylation sites is 1. The van der Waals surface area contributed by atoms with Crippen LogP contribution in [-0.4, -0.2) is 15.0 Å². The Balaban J connectivity index is 2.13. The molecule has 1 aromatic heterocycles. The first-order valence-electron chi connectivity index (χ1n) is 5.86. The zero-order valence-corrected chi connectivity index (χ0v) is 13.4.